The summed E-state index contributed by atoms with van der Waals surface area (Å²) >= 11 is 1.75. The molecule has 1 unspecified atom stereocenters. The lowest BCUT2D eigenvalue weighted by molar-refractivity contribution is 0.223. The first-order valence-corrected chi connectivity index (χ1v) is 8.89. The van der Waals surface area contributed by atoms with Crippen LogP contribution in [0.5, 0.6) is 0 Å². The Kier molecular flexibility index (Phi) is 4.15. The fourth-order valence-electron chi connectivity index (χ4n) is 2.17. The Morgan fingerprint density at radius 2 is 2.19 bits per heavy atom. The van der Waals surface area contributed by atoms with Crippen molar-refractivity contribution in [2.75, 3.05) is 43.9 Å². The molecule has 0 aromatic rings. The molecule has 0 amide bonds. The Labute approximate surface area is 102 Å². The number of sulfone groups is 1. The van der Waals surface area contributed by atoms with Gasteiger partial charge >= 0.3 is 0 Å². The molecule has 94 valence electrons. The maximum absolute atomic E-state index is 11.7. The van der Waals surface area contributed by atoms with E-state index in [0.29, 0.717) is 0 Å². The zero-order valence-corrected chi connectivity index (χ0v) is 11.3. The Hall–Kier alpha value is 0.220. The monoisotopic (exact) mass is 264 g/mol. The molecule has 2 heterocycles. The van der Waals surface area contributed by atoms with Crippen molar-refractivity contribution in [3.63, 3.8) is 0 Å². The van der Waals surface area contributed by atoms with Gasteiger partial charge in [0.15, 0.2) is 9.84 Å². The Morgan fingerprint density at radius 1 is 1.44 bits per heavy atom. The third-order valence-electron chi connectivity index (χ3n) is 3.38. The lowest BCUT2D eigenvalue weighted by Gasteiger charge is -2.36. The van der Waals surface area contributed by atoms with Crippen LogP contribution in [0.1, 0.15) is 6.42 Å². The molecule has 2 fully saturated rings. The molecule has 16 heavy (non-hydrogen) atoms. The van der Waals surface area contributed by atoms with Gasteiger partial charge in [-0.05, 0) is 32.0 Å². The van der Waals surface area contributed by atoms with Gasteiger partial charge in [0, 0.05) is 24.3 Å². The molecule has 0 aromatic heterocycles. The predicted octanol–water partition coefficient (Wildman–Crippen LogP) is 0.0154. The van der Waals surface area contributed by atoms with Crippen LogP contribution in [0.2, 0.25) is 0 Å². The van der Waals surface area contributed by atoms with Crippen LogP contribution in [-0.4, -0.2) is 62.6 Å². The first-order valence-electron chi connectivity index (χ1n) is 5.79. The van der Waals surface area contributed by atoms with Crippen molar-refractivity contribution in [1.82, 2.24) is 10.2 Å². The standard InChI is InChI=1S/C10H20N2O2S2/c1-16(13,14)10-8-15-5-4-12(10)3-2-9-6-11-7-9/h9-11H,2-8H2,1H3. The highest BCUT2D eigenvalue weighted by atomic mass is 32.2. The van der Waals surface area contributed by atoms with Crippen LogP contribution in [0.4, 0.5) is 0 Å². The highest BCUT2D eigenvalue weighted by Crippen LogP contribution is 2.21. The molecule has 1 N–H and O–H groups in total. The second-order valence-electron chi connectivity index (χ2n) is 4.71. The summed E-state index contributed by atoms with van der Waals surface area (Å²) in [5.41, 5.74) is 0. The summed E-state index contributed by atoms with van der Waals surface area (Å²) in [6.07, 6.45) is 2.49. The minimum absolute atomic E-state index is 0.251. The van der Waals surface area contributed by atoms with Crippen molar-refractivity contribution in [3.8, 4) is 0 Å². The fourth-order valence-corrected chi connectivity index (χ4v) is 5.14. The van der Waals surface area contributed by atoms with Crippen molar-refractivity contribution in [2.45, 2.75) is 11.8 Å². The van der Waals surface area contributed by atoms with E-state index in [2.05, 4.69) is 10.2 Å². The van der Waals surface area contributed by atoms with Crippen LogP contribution in [0.15, 0.2) is 0 Å². The van der Waals surface area contributed by atoms with Crippen LogP contribution in [-0.2, 0) is 9.84 Å². The number of rotatable bonds is 4. The molecular formula is C10H20N2O2S2. The van der Waals surface area contributed by atoms with Gasteiger partial charge in [-0.15, -0.1) is 0 Å². The van der Waals surface area contributed by atoms with Crippen LogP contribution in [0.3, 0.4) is 0 Å². The molecule has 2 saturated heterocycles. The molecule has 0 bridgehead atoms. The van der Waals surface area contributed by atoms with E-state index < -0.39 is 9.84 Å². The van der Waals surface area contributed by atoms with E-state index in [9.17, 15) is 8.42 Å². The van der Waals surface area contributed by atoms with E-state index in [1.165, 1.54) is 6.26 Å². The van der Waals surface area contributed by atoms with E-state index in [1.54, 1.807) is 11.8 Å². The summed E-state index contributed by atoms with van der Waals surface area (Å²) in [7, 11) is -2.92. The SMILES string of the molecule is CS(=O)(=O)C1CSCCN1CCC1CNC1. The summed E-state index contributed by atoms with van der Waals surface area (Å²) < 4.78 is 23.3. The molecule has 0 spiro atoms. The van der Waals surface area contributed by atoms with Crippen molar-refractivity contribution >= 4 is 21.6 Å². The second-order valence-corrected chi connectivity index (χ2v) is 8.06. The fraction of sp³-hybridized carbons (Fsp3) is 1.00. The molecule has 0 aromatic carbocycles. The number of thioether (sulfide) groups is 1. The van der Waals surface area contributed by atoms with Gasteiger partial charge in [0.05, 0.1) is 0 Å². The quantitative estimate of drug-likeness (QED) is 0.775. The number of hydrogen-bond donors (Lipinski definition) is 1. The number of nitrogens with zero attached hydrogens (tertiary/aromatic N) is 1. The molecule has 2 aliphatic rings. The van der Waals surface area contributed by atoms with Crippen molar-refractivity contribution in [2.24, 2.45) is 5.92 Å². The van der Waals surface area contributed by atoms with Crippen molar-refractivity contribution in [1.29, 1.82) is 0 Å². The average Bonchev–Trinajstić information content (AvgIpc) is 2.14. The Balaban J connectivity index is 1.88. The van der Waals surface area contributed by atoms with Gasteiger partial charge < -0.3 is 5.32 Å². The molecule has 2 aliphatic heterocycles. The van der Waals surface area contributed by atoms with Gasteiger partial charge in [-0.2, -0.15) is 11.8 Å². The summed E-state index contributed by atoms with van der Waals surface area (Å²) in [6.45, 7) is 4.06. The first-order chi connectivity index (χ1) is 7.57. The molecular weight excluding hydrogens is 244 g/mol. The number of hydrogen-bond acceptors (Lipinski definition) is 5. The van der Waals surface area contributed by atoms with Gasteiger partial charge in [0.2, 0.25) is 0 Å². The van der Waals surface area contributed by atoms with Gasteiger partial charge in [-0.1, -0.05) is 0 Å². The highest BCUT2D eigenvalue weighted by molar-refractivity contribution is 8.00. The zero-order valence-electron chi connectivity index (χ0n) is 9.68. The molecule has 0 radical (unpaired) electrons. The van der Waals surface area contributed by atoms with Gasteiger partial charge in [-0.25, -0.2) is 8.42 Å². The minimum Gasteiger partial charge on any atom is -0.316 e. The lowest BCUT2D eigenvalue weighted by atomic mass is 9.99. The predicted molar refractivity (Wildman–Crippen MR) is 68.5 cm³/mol. The third-order valence-corrected chi connectivity index (χ3v) is 6.06. The summed E-state index contributed by atoms with van der Waals surface area (Å²) in [5.74, 6) is 2.56. The largest absolute Gasteiger partial charge is 0.316 e. The third kappa shape index (κ3) is 3.12. The number of nitrogens with one attached hydrogen (secondary N) is 1. The van der Waals surface area contributed by atoms with Crippen LogP contribution >= 0.6 is 11.8 Å². The van der Waals surface area contributed by atoms with E-state index in [-0.39, 0.29) is 5.37 Å². The normalized spacial score (nSPS) is 28.9. The molecule has 2 rings (SSSR count). The van der Waals surface area contributed by atoms with E-state index in [0.717, 1.165) is 50.0 Å². The van der Waals surface area contributed by atoms with Crippen LogP contribution in [0.25, 0.3) is 0 Å². The summed E-state index contributed by atoms with van der Waals surface area (Å²) in [5, 5.41) is 3.00. The van der Waals surface area contributed by atoms with E-state index >= 15 is 0 Å². The highest BCUT2D eigenvalue weighted by Gasteiger charge is 2.31. The molecule has 6 heteroatoms. The average molecular weight is 264 g/mol. The van der Waals surface area contributed by atoms with Crippen molar-refractivity contribution in [3.05, 3.63) is 0 Å². The molecule has 4 nitrogen and oxygen atoms in total. The smallest absolute Gasteiger partial charge is 0.164 e. The van der Waals surface area contributed by atoms with Crippen molar-refractivity contribution < 1.29 is 8.42 Å². The molecule has 0 aliphatic carbocycles. The Bertz CT molecular complexity index is 328. The second kappa shape index (κ2) is 5.25. The topological polar surface area (TPSA) is 49.4 Å². The van der Waals surface area contributed by atoms with Crippen LogP contribution in [0, 0.1) is 5.92 Å². The van der Waals surface area contributed by atoms with Gasteiger partial charge in [0.1, 0.15) is 5.37 Å². The molecule has 0 saturated carbocycles. The Morgan fingerprint density at radius 3 is 2.75 bits per heavy atom. The first kappa shape index (κ1) is 12.7. The van der Waals surface area contributed by atoms with E-state index in [1.807, 2.05) is 0 Å². The molecule has 1 atom stereocenters. The summed E-state index contributed by atoms with van der Waals surface area (Å²) in [6, 6.07) is 0. The lowest BCUT2D eigenvalue weighted by Crippen LogP contribution is -2.49. The van der Waals surface area contributed by atoms with Gasteiger partial charge in [-0.3, -0.25) is 4.90 Å². The minimum atomic E-state index is -2.92. The maximum atomic E-state index is 11.7. The summed E-state index contributed by atoms with van der Waals surface area (Å²) in [4.78, 5) is 2.16. The van der Waals surface area contributed by atoms with Crippen LogP contribution < -0.4 is 5.32 Å². The zero-order chi connectivity index (χ0) is 11.6. The van der Waals surface area contributed by atoms with Gasteiger partial charge in [0.25, 0.3) is 0 Å². The maximum Gasteiger partial charge on any atom is 0.164 e. The van der Waals surface area contributed by atoms with E-state index in [4.69, 9.17) is 0 Å².